The van der Waals surface area contributed by atoms with Crippen molar-refractivity contribution in [1.82, 2.24) is 15.0 Å². The first-order valence-corrected chi connectivity index (χ1v) is 10.6. The molecule has 2 aromatic rings. The average Bonchev–Trinajstić information content (AvgIpc) is 3.06. The van der Waals surface area contributed by atoms with E-state index in [4.69, 9.17) is 0 Å². The number of carbonyl (C=O) groups is 1. The summed E-state index contributed by atoms with van der Waals surface area (Å²) in [5.74, 6) is -0.374. The van der Waals surface area contributed by atoms with Gasteiger partial charge in [0, 0.05) is 11.3 Å². The molecule has 2 rings (SSSR count). The lowest BCUT2D eigenvalue weighted by Crippen LogP contribution is -2.38. The quantitative estimate of drug-likeness (QED) is 0.774. The first-order valence-electron chi connectivity index (χ1n) is 6.93. The molecule has 9 heteroatoms. The topological polar surface area (TPSA) is 88.2 Å². The van der Waals surface area contributed by atoms with Crippen molar-refractivity contribution in [3.8, 4) is 0 Å². The maximum absolute atomic E-state index is 12.0. The lowest BCUT2D eigenvalue weighted by Gasteiger charge is -2.16. The van der Waals surface area contributed by atoms with Crippen molar-refractivity contribution in [2.24, 2.45) is 0 Å². The van der Waals surface area contributed by atoms with Crippen molar-refractivity contribution >= 4 is 38.6 Å². The third kappa shape index (κ3) is 5.69. The summed E-state index contributed by atoms with van der Waals surface area (Å²) in [5, 5.41) is 7.72. The second-order valence-electron chi connectivity index (χ2n) is 5.24. The smallest absolute Gasteiger partial charge is 0.235 e. The minimum atomic E-state index is -3.39. The molecule has 0 aliphatic heterocycles. The van der Waals surface area contributed by atoms with Gasteiger partial charge in [-0.25, -0.2) is 18.1 Å². The molecular formula is C14H19N3O3S3. The van der Waals surface area contributed by atoms with E-state index in [0.717, 1.165) is 27.4 Å². The van der Waals surface area contributed by atoms with Crippen LogP contribution in [0, 0.1) is 13.8 Å². The summed E-state index contributed by atoms with van der Waals surface area (Å²) >= 11 is 3.15. The van der Waals surface area contributed by atoms with Crippen LogP contribution in [0.3, 0.4) is 0 Å². The number of rotatable bonds is 7. The number of hydrogen-bond acceptors (Lipinski definition) is 6. The number of carbonyl (C=O) groups excluding carboxylic acids is 1. The molecule has 0 aliphatic rings. The zero-order chi connectivity index (χ0) is 17.0. The van der Waals surface area contributed by atoms with Crippen LogP contribution in [0.1, 0.15) is 27.2 Å². The Balaban J connectivity index is 2.11. The number of nitrogens with one attached hydrogen (secondary N) is 2. The van der Waals surface area contributed by atoms with Gasteiger partial charge >= 0.3 is 0 Å². The Morgan fingerprint density at radius 2 is 2.13 bits per heavy atom. The van der Waals surface area contributed by atoms with E-state index < -0.39 is 10.0 Å². The Morgan fingerprint density at radius 3 is 2.65 bits per heavy atom. The predicted molar refractivity (Wildman–Crippen MR) is 93.3 cm³/mol. The highest BCUT2D eigenvalue weighted by Gasteiger charge is 2.20. The second kappa shape index (κ2) is 7.52. The number of sulfonamides is 1. The number of hydrogen-bond donors (Lipinski definition) is 2. The van der Waals surface area contributed by atoms with E-state index in [1.807, 2.05) is 30.7 Å². The number of nitrogens with zero attached hydrogens (tertiary/aromatic N) is 1. The minimum absolute atomic E-state index is 0.268. The number of aromatic nitrogens is 1. The molecule has 0 bridgehead atoms. The van der Waals surface area contributed by atoms with E-state index in [0.29, 0.717) is 6.42 Å². The van der Waals surface area contributed by atoms with Gasteiger partial charge in [0.1, 0.15) is 5.01 Å². The highest BCUT2D eigenvalue weighted by Crippen LogP contribution is 2.26. The van der Waals surface area contributed by atoms with Gasteiger partial charge in [-0.1, -0.05) is 0 Å². The molecule has 0 unspecified atom stereocenters. The average molecular weight is 374 g/mol. The maximum atomic E-state index is 12.0. The van der Waals surface area contributed by atoms with Crippen LogP contribution in [-0.4, -0.2) is 32.1 Å². The number of thiazole rings is 1. The minimum Gasteiger partial charge on any atom is -0.345 e. The van der Waals surface area contributed by atoms with Crippen LogP contribution in [0.5, 0.6) is 0 Å². The summed E-state index contributed by atoms with van der Waals surface area (Å²) < 4.78 is 24.4. The molecule has 2 N–H and O–H groups in total. The molecule has 0 aromatic carbocycles. The SMILES string of the molecule is Cc1nc([C@@H](Cc2ccsc2)NC(=O)CNS(C)(=O)=O)sc1C. The van der Waals surface area contributed by atoms with E-state index in [1.165, 1.54) is 0 Å². The van der Waals surface area contributed by atoms with Crippen molar-refractivity contribution in [2.75, 3.05) is 12.8 Å². The van der Waals surface area contributed by atoms with E-state index >= 15 is 0 Å². The fourth-order valence-electron chi connectivity index (χ4n) is 1.93. The lowest BCUT2D eigenvalue weighted by molar-refractivity contribution is -0.120. The second-order valence-corrected chi connectivity index (χ2v) is 9.09. The van der Waals surface area contributed by atoms with E-state index in [9.17, 15) is 13.2 Å². The highest BCUT2D eigenvalue weighted by molar-refractivity contribution is 7.88. The van der Waals surface area contributed by atoms with Gasteiger partial charge in [-0.05, 0) is 36.2 Å². The molecule has 0 fully saturated rings. The Labute approximate surface area is 144 Å². The van der Waals surface area contributed by atoms with E-state index in [2.05, 4.69) is 15.0 Å². The van der Waals surface area contributed by atoms with Crippen LogP contribution in [0.2, 0.25) is 0 Å². The monoisotopic (exact) mass is 373 g/mol. The molecule has 2 heterocycles. The third-order valence-electron chi connectivity index (χ3n) is 3.19. The fraction of sp³-hybridized carbons (Fsp3) is 0.429. The Bertz CT molecular complexity index is 747. The Kier molecular flexibility index (Phi) is 5.90. The largest absolute Gasteiger partial charge is 0.345 e. The molecule has 126 valence electrons. The van der Waals surface area contributed by atoms with Gasteiger partial charge in [-0.15, -0.1) is 11.3 Å². The fourth-order valence-corrected chi connectivity index (χ4v) is 3.98. The molecule has 2 aromatic heterocycles. The number of thiophene rings is 1. The van der Waals surface area contributed by atoms with Crippen molar-refractivity contribution in [3.63, 3.8) is 0 Å². The normalized spacial score (nSPS) is 13.0. The first kappa shape index (κ1) is 18.1. The highest BCUT2D eigenvalue weighted by atomic mass is 32.2. The van der Waals surface area contributed by atoms with Gasteiger partial charge < -0.3 is 5.32 Å². The van der Waals surface area contributed by atoms with Crippen molar-refractivity contribution in [3.05, 3.63) is 38.0 Å². The lowest BCUT2D eigenvalue weighted by atomic mass is 10.1. The molecule has 0 saturated carbocycles. The Hall–Kier alpha value is -1.29. The maximum Gasteiger partial charge on any atom is 0.235 e. The number of amides is 1. The standard InChI is InChI=1S/C14H19N3O3S3/c1-9-10(2)22-14(16-9)12(6-11-4-5-21-8-11)17-13(18)7-15-23(3,19)20/h4-5,8,12,15H,6-7H2,1-3H3,(H,17,18)/t12-/m1/s1. The summed E-state index contributed by atoms with van der Waals surface area (Å²) in [6.45, 7) is 3.65. The van der Waals surface area contributed by atoms with E-state index in [-0.39, 0.29) is 18.5 Å². The number of aryl methyl sites for hydroxylation is 2. The first-order chi connectivity index (χ1) is 10.7. The summed E-state index contributed by atoms with van der Waals surface area (Å²) in [6, 6.07) is 1.74. The van der Waals surface area contributed by atoms with Crippen molar-refractivity contribution in [2.45, 2.75) is 26.3 Å². The molecule has 0 aliphatic carbocycles. The summed E-state index contributed by atoms with van der Waals surface area (Å²) in [5.41, 5.74) is 2.06. The summed E-state index contributed by atoms with van der Waals surface area (Å²) in [4.78, 5) is 17.7. The van der Waals surface area contributed by atoms with Gasteiger partial charge in [-0.2, -0.15) is 11.3 Å². The van der Waals surface area contributed by atoms with Gasteiger partial charge in [0.15, 0.2) is 0 Å². The van der Waals surface area contributed by atoms with Crippen molar-refractivity contribution in [1.29, 1.82) is 0 Å². The zero-order valence-corrected chi connectivity index (χ0v) is 15.6. The molecule has 0 radical (unpaired) electrons. The van der Waals surface area contributed by atoms with E-state index in [1.54, 1.807) is 22.7 Å². The predicted octanol–water partition coefficient (Wildman–Crippen LogP) is 1.77. The molecule has 6 nitrogen and oxygen atoms in total. The van der Waals surface area contributed by atoms with Gasteiger partial charge in [-0.3, -0.25) is 4.79 Å². The van der Waals surface area contributed by atoms with Crippen molar-refractivity contribution < 1.29 is 13.2 Å². The van der Waals surface area contributed by atoms with Crippen LogP contribution >= 0.6 is 22.7 Å². The van der Waals surface area contributed by atoms with Gasteiger partial charge in [0.25, 0.3) is 0 Å². The van der Waals surface area contributed by atoms with Crippen LogP contribution in [0.4, 0.5) is 0 Å². The van der Waals surface area contributed by atoms with Gasteiger partial charge in [0.05, 0.1) is 24.5 Å². The summed E-state index contributed by atoms with van der Waals surface area (Å²) in [6.07, 6.45) is 1.65. The van der Waals surface area contributed by atoms with Crippen LogP contribution in [0.25, 0.3) is 0 Å². The Morgan fingerprint density at radius 1 is 1.39 bits per heavy atom. The van der Waals surface area contributed by atoms with Crippen LogP contribution in [-0.2, 0) is 21.2 Å². The summed E-state index contributed by atoms with van der Waals surface area (Å²) in [7, 11) is -3.39. The van der Waals surface area contributed by atoms with Crippen LogP contribution in [0.15, 0.2) is 16.8 Å². The molecular weight excluding hydrogens is 354 g/mol. The third-order valence-corrected chi connectivity index (χ3v) is 5.78. The molecule has 0 spiro atoms. The zero-order valence-electron chi connectivity index (χ0n) is 13.1. The van der Waals surface area contributed by atoms with Gasteiger partial charge in [0.2, 0.25) is 15.9 Å². The molecule has 1 atom stereocenters. The van der Waals surface area contributed by atoms with Crippen LogP contribution < -0.4 is 10.0 Å². The molecule has 1 amide bonds. The molecule has 0 saturated heterocycles. The molecule has 23 heavy (non-hydrogen) atoms.